The van der Waals surface area contributed by atoms with Crippen molar-refractivity contribution in [2.24, 2.45) is 0 Å². The molecule has 3 aromatic heterocycles. The fourth-order valence-corrected chi connectivity index (χ4v) is 6.31. The largest absolute Gasteiger partial charge is 0.278 e. The van der Waals surface area contributed by atoms with E-state index in [2.05, 4.69) is 132 Å². The van der Waals surface area contributed by atoms with E-state index in [1.807, 2.05) is 18.3 Å². The quantitative estimate of drug-likeness (QED) is 0.221. The van der Waals surface area contributed by atoms with Crippen LogP contribution in [0.3, 0.4) is 0 Å². The van der Waals surface area contributed by atoms with Crippen molar-refractivity contribution >= 4 is 54.3 Å². The summed E-state index contributed by atoms with van der Waals surface area (Å²) in [6.07, 6.45) is 1.93. The Kier molecular flexibility index (Phi) is 5.16. The van der Waals surface area contributed by atoms with Crippen LogP contribution in [0.5, 0.6) is 0 Å². The number of pyridine rings is 1. The maximum atomic E-state index is 5.25. The van der Waals surface area contributed by atoms with E-state index in [4.69, 9.17) is 15.0 Å². The van der Waals surface area contributed by atoms with Crippen LogP contribution in [0.2, 0.25) is 0 Å². The summed E-state index contributed by atoms with van der Waals surface area (Å²) in [6, 6.07) is 48.8. The Morgan fingerprint density at radius 3 is 1.93 bits per heavy atom. The summed E-state index contributed by atoms with van der Waals surface area (Å²) in [5.74, 6) is 0.647. The molecule has 9 rings (SSSR count). The van der Waals surface area contributed by atoms with Gasteiger partial charge in [0.2, 0.25) is 5.95 Å². The highest BCUT2D eigenvalue weighted by atomic mass is 15.2. The second kappa shape index (κ2) is 9.33. The molecule has 200 valence electrons. The van der Waals surface area contributed by atoms with Crippen molar-refractivity contribution in [1.82, 2.24) is 19.5 Å². The summed E-state index contributed by atoms with van der Waals surface area (Å²) >= 11 is 0. The van der Waals surface area contributed by atoms with Crippen LogP contribution in [0.15, 0.2) is 146 Å². The third kappa shape index (κ3) is 3.81. The summed E-state index contributed by atoms with van der Waals surface area (Å²) in [4.78, 5) is 15.3. The van der Waals surface area contributed by atoms with Gasteiger partial charge < -0.3 is 0 Å². The summed E-state index contributed by atoms with van der Waals surface area (Å²) in [5, 5.41) is 8.20. The highest BCUT2D eigenvalue weighted by Gasteiger charge is 2.18. The Morgan fingerprint density at radius 2 is 1.12 bits per heavy atom. The second-order valence-electron chi connectivity index (χ2n) is 11.0. The van der Waals surface area contributed by atoms with Crippen molar-refractivity contribution in [1.29, 1.82) is 0 Å². The molecule has 0 aliphatic rings. The molecule has 6 aromatic carbocycles. The lowest BCUT2D eigenvalue weighted by Gasteiger charge is -2.12. The van der Waals surface area contributed by atoms with E-state index in [1.54, 1.807) is 0 Å². The monoisotopic (exact) mass is 548 g/mol. The smallest absolute Gasteiger partial charge is 0.235 e. The summed E-state index contributed by atoms with van der Waals surface area (Å²) < 4.78 is 2.20. The van der Waals surface area contributed by atoms with E-state index in [1.165, 1.54) is 32.3 Å². The van der Waals surface area contributed by atoms with Gasteiger partial charge in [-0.1, -0.05) is 97.1 Å². The highest BCUT2D eigenvalue weighted by molar-refractivity contribution is 6.13. The molecular formula is C39H24N4. The fraction of sp³-hybridized carbons (Fsp3) is 0. The minimum Gasteiger partial charge on any atom is -0.278 e. The van der Waals surface area contributed by atoms with Gasteiger partial charge in [-0.2, -0.15) is 0 Å². The van der Waals surface area contributed by atoms with Gasteiger partial charge in [-0.3, -0.25) is 9.55 Å². The molecule has 9 aromatic rings. The molecular weight excluding hydrogens is 524 g/mol. The molecule has 3 heterocycles. The van der Waals surface area contributed by atoms with Gasteiger partial charge in [0, 0.05) is 33.5 Å². The normalized spacial score (nSPS) is 11.7. The summed E-state index contributed by atoms with van der Waals surface area (Å²) in [5.41, 5.74) is 6.91. The van der Waals surface area contributed by atoms with E-state index in [0.29, 0.717) is 5.95 Å². The number of para-hydroxylation sites is 2. The lowest BCUT2D eigenvalue weighted by Crippen LogP contribution is -2.03. The maximum absolute atomic E-state index is 5.25. The van der Waals surface area contributed by atoms with Crippen LogP contribution in [0.1, 0.15) is 0 Å². The average molecular weight is 549 g/mol. The Balaban J connectivity index is 1.25. The Labute approximate surface area is 247 Å². The van der Waals surface area contributed by atoms with E-state index in [0.717, 1.165) is 44.5 Å². The topological polar surface area (TPSA) is 43.6 Å². The average Bonchev–Trinajstić information content (AvgIpc) is 3.39. The first kappa shape index (κ1) is 23.8. The number of fused-ring (bicyclic) bond motifs is 6. The standard InChI is InChI=1S/C39H24N4/c1-2-10-26-21-29(18-17-25(26)9-1)34-20-19-30(24-40-34)38-32-14-5-7-15-35(32)41-39(42-38)43-36-16-8-6-13-31(36)33-22-27-11-3-4-12-28(27)23-37(33)43/h1-24H. The van der Waals surface area contributed by atoms with Gasteiger partial charge in [-0.05, 0) is 64.0 Å². The van der Waals surface area contributed by atoms with Gasteiger partial charge in [-0.15, -0.1) is 0 Å². The summed E-state index contributed by atoms with van der Waals surface area (Å²) in [7, 11) is 0. The molecule has 0 atom stereocenters. The Morgan fingerprint density at radius 1 is 0.442 bits per heavy atom. The van der Waals surface area contributed by atoms with Crippen molar-refractivity contribution in [3.8, 4) is 28.5 Å². The molecule has 4 heteroatoms. The van der Waals surface area contributed by atoms with Crippen LogP contribution in [0, 0.1) is 0 Å². The fourth-order valence-electron chi connectivity index (χ4n) is 6.31. The van der Waals surface area contributed by atoms with Crippen LogP contribution < -0.4 is 0 Å². The van der Waals surface area contributed by atoms with Crippen LogP contribution in [-0.4, -0.2) is 19.5 Å². The first-order valence-corrected chi connectivity index (χ1v) is 14.4. The third-order valence-electron chi connectivity index (χ3n) is 8.41. The molecule has 0 bridgehead atoms. The molecule has 4 nitrogen and oxygen atoms in total. The van der Waals surface area contributed by atoms with Gasteiger partial charge >= 0.3 is 0 Å². The Bertz CT molecular complexity index is 2510. The van der Waals surface area contributed by atoms with Crippen molar-refractivity contribution in [3.63, 3.8) is 0 Å². The molecule has 0 aliphatic heterocycles. The summed E-state index contributed by atoms with van der Waals surface area (Å²) in [6.45, 7) is 0. The van der Waals surface area contributed by atoms with Crippen molar-refractivity contribution in [2.45, 2.75) is 0 Å². The number of nitrogens with zero attached hydrogens (tertiary/aromatic N) is 4. The molecule has 0 amide bonds. The van der Waals surface area contributed by atoms with Crippen LogP contribution in [0.4, 0.5) is 0 Å². The van der Waals surface area contributed by atoms with E-state index >= 15 is 0 Å². The van der Waals surface area contributed by atoms with Gasteiger partial charge in [-0.25, -0.2) is 9.97 Å². The van der Waals surface area contributed by atoms with Crippen LogP contribution >= 0.6 is 0 Å². The zero-order valence-corrected chi connectivity index (χ0v) is 23.1. The molecule has 0 saturated heterocycles. The molecule has 0 aliphatic carbocycles. The van der Waals surface area contributed by atoms with Gasteiger partial charge in [0.15, 0.2) is 0 Å². The van der Waals surface area contributed by atoms with Gasteiger partial charge in [0.05, 0.1) is 27.9 Å². The van der Waals surface area contributed by atoms with Crippen LogP contribution in [0.25, 0.3) is 82.7 Å². The van der Waals surface area contributed by atoms with Crippen LogP contribution in [-0.2, 0) is 0 Å². The van der Waals surface area contributed by atoms with Gasteiger partial charge in [0.1, 0.15) is 0 Å². The second-order valence-corrected chi connectivity index (χ2v) is 11.0. The lowest BCUT2D eigenvalue weighted by molar-refractivity contribution is 1.01. The van der Waals surface area contributed by atoms with Crippen molar-refractivity contribution in [2.75, 3.05) is 0 Å². The predicted octanol–water partition coefficient (Wildman–Crippen LogP) is 9.76. The first-order chi connectivity index (χ1) is 21.3. The lowest BCUT2D eigenvalue weighted by atomic mass is 10.0. The molecule has 0 spiro atoms. The number of benzene rings is 6. The molecule has 0 radical (unpaired) electrons. The zero-order chi connectivity index (χ0) is 28.3. The number of hydrogen-bond acceptors (Lipinski definition) is 3. The number of hydrogen-bond donors (Lipinski definition) is 0. The highest BCUT2D eigenvalue weighted by Crippen LogP contribution is 2.36. The first-order valence-electron chi connectivity index (χ1n) is 14.4. The van der Waals surface area contributed by atoms with Gasteiger partial charge in [0.25, 0.3) is 0 Å². The minimum atomic E-state index is 0.647. The predicted molar refractivity (Wildman–Crippen MR) is 178 cm³/mol. The molecule has 0 unspecified atom stereocenters. The molecule has 0 N–H and O–H groups in total. The van der Waals surface area contributed by atoms with Crippen molar-refractivity contribution in [3.05, 3.63) is 146 Å². The number of aromatic nitrogens is 4. The zero-order valence-electron chi connectivity index (χ0n) is 23.1. The molecule has 43 heavy (non-hydrogen) atoms. The molecule has 0 saturated carbocycles. The third-order valence-corrected chi connectivity index (χ3v) is 8.41. The number of rotatable bonds is 3. The van der Waals surface area contributed by atoms with E-state index in [9.17, 15) is 0 Å². The Hall–Kier alpha value is -5.87. The SMILES string of the molecule is c1ccc2cc(-c3ccc(-c4nc(-n5c6ccccc6c6cc7ccccc7cc65)nc5ccccc45)cn3)ccc2c1. The van der Waals surface area contributed by atoms with Crippen molar-refractivity contribution < 1.29 is 0 Å². The maximum Gasteiger partial charge on any atom is 0.235 e. The van der Waals surface area contributed by atoms with E-state index in [-0.39, 0.29) is 0 Å². The molecule has 0 fully saturated rings. The minimum absolute atomic E-state index is 0.647. The van der Waals surface area contributed by atoms with E-state index < -0.39 is 0 Å².